The van der Waals surface area contributed by atoms with E-state index in [1.807, 2.05) is 20.8 Å². The van der Waals surface area contributed by atoms with E-state index in [1.54, 1.807) is 4.90 Å². The smallest absolute Gasteiger partial charge is 0.326 e. The molecule has 0 unspecified atom stereocenters. The van der Waals surface area contributed by atoms with Crippen molar-refractivity contribution in [3.05, 3.63) is 0 Å². The Kier molecular flexibility index (Phi) is 5.32. The molecule has 2 fully saturated rings. The second-order valence-corrected chi connectivity index (χ2v) is 7.72. The number of hydrogen-bond donors (Lipinski definition) is 1. The maximum atomic E-state index is 12.8. The van der Waals surface area contributed by atoms with Gasteiger partial charge in [-0.1, -0.05) is 20.8 Å². The van der Waals surface area contributed by atoms with E-state index in [0.29, 0.717) is 26.1 Å². The van der Waals surface area contributed by atoms with Crippen molar-refractivity contribution in [3.63, 3.8) is 0 Å². The Morgan fingerprint density at radius 2 is 1.70 bits per heavy atom. The van der Waals surface area contributed by atoms with E-state index in [0.717, 1.165) is 25.7 Å². The third-order valence-electron chi connectivity index (χ3n) is 4.77. The van der Waals surface area contributed by atoms with Crippen molar-refractivity contribution < 1.29 is 19.5 Å². The molecular weight excluding hydrogens is 296 g/mol. The average Bonchev–Trinajstić information content (AvgIpc) is 2.52. The highest BCUT2D eigenvalue weighted by molar-refractivity contribution is 5.87. The normalized spacial score (nSPS) is 26.0. The molecule has 2 aliphatic heterocycles. The van der Waals surface area contributed by atoms with Gasteiger partial charge in [0.2, 0.25) is 11.8 Å². The summed E-state index contributed by atoms with van der Waals surface area (Å²) in [6.45, 7) is 7.25. The predicted molar refractivity (Wildman–Crippen MR) is 85.7 cm³/mol. The van der Waals surface area contributed by atoms with Crippen LogP contribution in [-0.2, 0) is 14.4 Å². The fourth-order valence-corrected chi connectivity index (χ4v) is 3.52. The van der Waals surface area contributed by atoms with Crippen molar-refractivity contribution in [2.45, 2.75) is 58.9 Å². The minimum atomic E-state index is -0.920. The second-order valence-electron chi connectivity index (χ2n) is 7.72. The number of rotatable bonds is 2. The number of likely N-dealkylation sites (tertiary alicyclic amines) is 2. The number of carboxylic acid groups (broad SMARTS) is 1. The summed E-state index contributed by atoms with van der Waals surface area (Å²) in [5, 5.41) is 9.34. The van der Waals surface area contributed by atoms with Gasteiger partial charge in [0.25, 0.3) is 0 Å². The molecular formula is C17H28N2O4. The van der Waals surface area contributed by atoms with Crippen molar-refractivity contribution in [2.75, 3.05) is 19.6 Å². The molecule has 2 rings (SSSR count). The topological polar surface area (TPSA) is 77.9 Å². The highest BCUT2D eigenvalue weighted by Crippen LogP contribution is 2.27. The molecule has 2 aliphatic rings. The largest absolute Gasteiger partial charge is 0.480 e. The van der Waals surface area contributed by atoms with Gasteiger partial charge in [-0.2, -0.15) is 0 Å². The van der Waals surface area contributed by atoms with Crippen LogP contribution in [0.3, 0.4) is 0 Å². The highest BCUT2D eigenvalue weighted by Gasteiger charge is 2.38. The van der Waals surface area contributed by atoms with Gasteiger partial charge in [0.1, 0.15) is 6.04 Å². The van der Waals surface area contributed by atoms with Crippen LogP contribution in [0.1, 0.15) is 52.9 Å². The third kappa shape index (κ3) is 4.03. The lowest BCUT2D eigenvalue weighted by atomic mass is 9.90. The van der Waals surface area contributed by atoms with Gasteiger partial charge in [0.15, 0.2) is 0 Å². The van der Waals surface area contributed by atoms with E-state index in [4.69, 9.17) is 0 Å². The minimum absolute atomic E-state index is 0.0587. The van der Waals surface area contributed by atoms with Crippen LogP contribution in [0.25, 0.3) is 0 Å². The number of carboxylic acids is 1. The summed E-state index contributed by atoms with van der Waals surface area (Å²) in [6.07, 6.45) is 3.75. The van der Waals surface area contributed by atoms with Gasteiger partial charge in [-0.25, -0.2) is 4.79 Å². The standard InChI is InChI=1S/C17H28N2O4/c1-17(2,3)16(23)18-9-6-7-12(11-18)14(20)19-10-5-4-8-13(19)15(21)22/h12-13H,4-11H2,1-3H3,(H,21,22)/t12-,13+/m1/s1. The molecule has 0 bridgehead atoms. The number of nitrogens with zero attached hydrogens (tertiary/aromatic N) is 2. The van der Waals surface area contributed by atoms with Crippen LogP contribution < -0.4 is 0 Å². The summed E-state index contributed by atoms with van der Waals surface area (Å²) in [6, 6.07) is -0.704. The summed E-state index contributed by atoms with van der Waals surface area (Å²) in [5.41, 5.74) is -0.459. The molecule has 0 aromatic rings. The van der Waals surface area contributed by atoms with E-state index in [2.05, 4.69) is 0 Å². The Balaban J connectivity index is 2.06. The third-order valence-corrected chi connectivity index (χ3v) is 4.77. The van der Waals surface area contributed by atoms with E-state index in [9.17, 15) is 19.5 Å². The molecule has 0 aromatic heterocycles. The van der Waals surface area contributed by atoms with Crippen molar-refractivity contribution in [2.24, 2.45) is 11.3 Å². The van der Waals surface area contributed by atoms with Crippen LogP contribution in [0.5, 0.6) is 0 Å². The van der Waals surface area contributed by atoms with Gasteiger partial charge in [-0.3, -0.25) is 9.59 Å². The Hall–Kier alpha value is -1.59. The average molecular weight is 324 g/mol. The SMILES string of the molecule is CC(C)(C)C(=O)N1CCC[C@@H](C(=O)N2CCCC[C@H]2C(=O)O)C1. The monoisotopic (exact) mass is 324 g/mol. The minimum Gasteiger partial charge on any atom is -0.480 e. The summed E-state index contributed by atoms with van der Waals surface area (Å²) < 4.78 is 0. The lowest BCUT2D eigenvalue weighted by Gasteiger charge is -2.40. The van der Waals surface area contributed by atoms with Gasteiger partial charge in [0, 0.05) is 25.0 Å². The lowest BCUT2D eigenvalue weighted by molar-refractivity contribution is -0.156. The van der Waals surface area contributed by atoms with Crippen LogP contribution in [0.15, 0.2) is 0 Å². The van der Waals surface area contributed by atoms with E-state index >= 15 is 0 Å². The molecule has 0 saturated carbocycles. The first-order valence-corrected chi connectivity index (χ1v) is 8.54. The van der Waals surface area contributed by atoms with Gasteiger partial charge in [-0.05, 0) is 32.1 Å². The lowest BCUT2D eigenvalue weighted by Crippen LogP contribution is -2.54. The van der Waals surface area contributed by atoms with Gasteiger partial charge < -0.3 is 14.9 Å². The summed E-state index contributed by atoms with van der Waals surface area (Å²) in [4.78, 5) is 40.0. The molecule has 6 nitrogen and oxygen atoms in total. The number of carbonyl (C=O) groups excluding carboxylic acids is 2. The maximum Gasteiger partial charge on any atom is 0.326 e. The summed E-state index contributed by atoms with van der Waals surface area (Å²) >= 11 is 0. The Morgan fingerprint density at radius 3 is 2.30 bits per heavy atom. The molecule has 2 amide bonds. The molecule has 0 spiro atoms. The van der Waals surface area contributed by atoms with Gasteiger partial charge >= 0.3 is 5.97 Å². The fourth-order valence-electron chi connectivity index (χ4n) is 3.52. The molecule has 1 N–H and O–H groups in total. The molecule has 0 aliphatic carbocycles. The van der Waals surface area contributed by atoms with Crippen LogP contribution >= 0.6 is 0 Å². The predicted octanol–water partition coefficient (Wildman–Crippen LogP) is 1.74. The molecule has 23 heavy (non-hydrogen) atoms. The van der Waals surface area contributed by atoms with Crippen LogP contribution in [0.4, 0.5) is 0 Å². The summed E-state index contributed by atoms with van der Waals surface area (Å²) in [5.74, 6) is -1.22. The Bertz CT molecular complexity index is 483. The molecule has 2 heterocycles. The van der Waals surface area contributed by atoms with E-state index < -0.39 is 17.4 Å². The molecule has 6 heteroatoms. The number of hydrogen-bond acceptors (Lipinski definition) is 3. The van der Waals surface area contributed by atoms with E-state index in [1.165, 1.54) is 4.90 Å². The number of carbonyl (C=O) groups is 3. The zero-order valence-electron chi connectivity index (χ0n) is 14.4. The first-order valence-electron chi connectivity index (χ1n) is 8.54. The van der Waals surface area contributed by atoms with Crippen molar-refractivity contribution in [3.8, 4) is 0 Å². The highest BCUT2D eigenvalue weighted by atomic mass is 16.4. The van der Waals surface area contributed by atoms with Gasteiger partial charge in [-0.15, -0.1) is 0 Å². The zero-order valence-corrected chi connectivity index (χ0v) is 14.4. The van der Waals surface area contributed by atoms with Gasteiger partial charge in [0.05, 0.1) is 5.92 Å². The van der Waals surface area contributed by atoms with Crippen molar-refractivity contribution in [1.29, 1.82) is 0 Å². The number of piperidine rings is 2. The molecule has 0 aromatic carbocycles. The van der Waals surface area contributed by atoms with Crippen molar-refractivity contribution >= 4 is 17.8 Å². The maximum absolute atomic E-state index is 12.8. The molecule has 0 radical (unpaired) electrons. The molecule has 130 valence electrons. The Labute approximate surface area is 137 Å². The fraction of sp³-hybridized carbons (Fsp3) is 0.824. The summed E-state index contributed by atoms with van der Waals surface area (Å²) in [7, 11) is 0. The number of amides is 2. The van der Waals surface area contributed by atoms with Crippen LogP contribution in [0.2, 0.25) is 0 Å². The van der Waals surface area contributed by atoms with Crippen molar-refractivity contribution in [1.82, 2.24) is 9.80 Å². The molecule has 2 atom stereocenters. The first-order chi connectivity index (χ1) is 10.7. The van der Waals surface area contributed by atoms with Crippen LogP contribution in [0, 0.1) is 11.3 Å². The quantitative estimate of drug-likeness (QED) is 0.839. The number of aliphatic carboxylic acids is 1. The Morgan fingerprint density at radius 1 is 1.00 bits per heavy atom. The zero-order chi connectivity index (χ0) is 17.2. The van der Waals surface area contributed by atoms with E-state index in [-0.39, 0.29) is 17.7 Å². The molecule has 2 saturated heterocycles. The first kappa shape index (κ1) is 17.8. The van der Waals surface area contributed by atoms with Crippen LogP contribution in [-0.4, -0.2) is 58.4 Å². The second kappa shape index (κ2) is 6.89.